The Hall–Kier alpha value is -4.41. The van der Waals surface area contributed by atoms with E-state index in [9.17, 15) is 26.4 Å². The monoisotopic (exact) mass is 569 g/mol. The predicted molar refractivity (Wildman–Crippen MR) is 143 cm³/mol. The molecule has 3 aromatic heterocycles. The molecule has 1 aromatic carbocycles. The minimum Gasteiger partial charge on any atom is -0.453 e. The number of aromatic nitrogens is 3. The summed E-state index contributed by atoms with van der Waals surface area (Å²) in [5, 5.41) is 5.83. The van der Waals surface area contributed by atoms with E-state index < -0.39 is 39.0 Å². The van der Waals surface area contributed by atoms with E-state index in [4.69, 9.17) is 10.8 Å². The van der Waals surface area contributed by atoms with Crippen molar-refractivity contribution in [1.29, 1.82) is 0 Å². The molecule has 0 unspecified atom stereocenters. The van der Waals surface area contributed by atoms with Crippen LogP contribution < -0.4 is 16.2 Å². The average Bonchev–Trinajstić information content (AvgIpc) is 3.39. The second-order valence-corrected chi connectivity index (χ2v) is 10.9. The van der Waals surface area contributed by atoms with Gasteiger partial charge in [-0.15, -0.1) is 6.42 Å². The summed E-state index contributed by atoms with van der Waals surface area (Å²) < 4.78 is 69.5. The van der Waals surface area contributed by atoms with Crippen LogP contribution in [0.3, 0.4) is 0 Å². The standard InChI is InChI=1S/C27H22F3N5O4S/c1-2-17-13-21-14-32-26(33-22-5-3-18(4-6-22)19-7-10-31-11-8-19)34-23(21)35(24(17)36)15-20-9-12-39-25(20)40(37,38)16-27(28,29)30/h1,3-7,9,12-14,31H,8,10-11,15-16H2,(H,32,33,34). The van der Waals surface area contributed by atoms with Gasteiger partial charge in [0.2, 0.25) is 20.9 Å². The van der Waals surface area contributed by atoms with Crippen molar-refractivity contribution in [3.8, 4) is 12.3 Å². The summed E-state index contributed by atoms with van der Waals surface area (Å²) in [6, 6.07) is 10.3. The molecule has 1 aliphatic rings. The van der Waals surface area contributed by atoms with Gasteiger partial charge in [-0.25, -0.2) is 13.4 Å². The fourth-order valence-corrected chi connectivity index (χ4v) is 5.71. The number of anilines is 2. The molecule has 0 spiro atoms. The van der Waals surface area contributed by atoms with Gasteiger partial charge in [0, 0.05) is 29.4 Å². The van der Waals surface area contributed by atoms with Crippen LogP contribution in [0.25, 0.3) is 16.6 Å². The molecule has 40 heavy (non-hydrogen) atoms. The Bertz CT molecular complexity index is 1820. The normalized spacial score (nSPS) is 14.1. The molecule has 0 aliphatic carbocycles. The second-order valence-electron chi connectivity index (χ2n) is 9.06. The van der Waals surface area contributed by atoms with Crippen LogP contribution in [-0.4, -0.2) is 48.0 Å². The summed E-state index contributed by atoms with van der Waals surface area (Å²) >= 11 is 0. The summed E-state index contributed by atoms with van der Waals surface area (Å²) in [6.45, 7) is 1.27. The van der Waals surface area contributed by atoms with Crippen LogP contribution in [0.5, 0.6) is 0 Å². The molecule has 2 N–H and O–H groups in total. The molecule has 1 aliphatic heterocycles. The lowest BCUT2D eigenvalue weighted by Gasteiger charge is -2.15. The van der Waals surface area contributed by atoms with Crippen molar-refractivity contribution in [1.82, 2.24) is 19.9 Å². The third-order valence-electron chi connectivity index (χ3n) is 6.23. The van der Waals surface area contributed by atoms with Crippen molar-refractivity contribution in [2.45, 2.75) is 24.2 Å². The number of halogens is 3. The molecule has 4 heterocycles. The number of sulfone groups is 1. The highest BCUT2D eigenvalue weighted by Gasteiger charge is 2.38. The largest absolute Gasteiger partial charge is 0.453 e. The fourth-order valence-electron chi connectivity index (χ4n) is 4.41. The molecule has 0 amide bonds. The Labute approximate surface area is 226 Å². The Morgan fingerprint density at radius 2 is 1.98 bits per heavy atom. The summed E-state index contributed by atoms with van der Waals surface area (Å²) in [4.78, 5) is 21.9. The molecule has 0 atom stereocenters. The van der Waals surface area contributed by atoms with Gasteiger partial charge in [0.15, 0.2) is 5.75 Å². The van der Waals surface area contributed by atoms with Crippen LogP contribution in [0.1, 0.15) is 23.1 Å². The zero-order chi connectivity index (χ0) is 28.5. The Kier molecular flexibility index (Phi) is 7.22. The lowest BCUT2D eigenvalue weighted by atomic mass is 10.0. The number of rotatable bonds is 7. The smallest absolute Gasteiger partial charge is 0.403 e. The van der Waals surface area contributed by atoms with Crippen molar-refractivity contribution in [2.75, 3.05) is 24.2 Å². The maximum Gasteiger partial charge on any atom is 0.403 e. The molecule has 9 nitrogen and oxygen atoms in total. The zero-order valence-corrected chi connectivity index (χ0v) is 21.6. The highest BCUT2D eigenvalue weighted by atomic mass is 32.2. The fraction of sp³-hybridized carbons (Fsp3) is 0.222. The first-order chi connectivity index (χ1) is 19.0. The second kappa shape index (κ2) is 10.6. The average molecular weight is 570 g/mol. The molecule has 5 rings (SSSR count). The third-order valence-corrected chi connectivity index (χ3v) is 7.86. The lowest BCUT2D eigenvalue weighted by Crippen LogP contribution is -2.26. The van der Waals surface area contributed by atoms with E-state index in [1.807, 2.05) is 24.3 Å². The van der Waals surface area contributed by atoms with E-state index in [1.165, 1.54) is 23.9 Å². The Balaban J connectivity index is 1.50. The quantitative estimate of drug-likeness (QED) is 0.322. The highest BCUT2D eigenvalue weighted by molar-refractivity contribution is 7.91. The number of pyridine rings is 1. The van der Waals surface area contributed by atoms with Crippen LogP contribution in [0.2, 0.25) is 0 Å². The van der Waals surface area contributed by atoms with E-state index in [-0.39, 0.29) is 22.7 Å². The minimum absolute atomic E-state index is 0.0530. The van der Waals surface area contributed by atoms with Gasteiger partial charge in [0.1, 0.15) is 5.65 Å². The third kappa shape index (κ3) is 5.78. The Morgan fingerprint density at radius 3 is 2.65 bits per heavy atom. The molecule has 0 fully saturated rings. The van der Waals surface area contributed by atoms with E-state index in [2.05, 4.69) is 32.6 Å². The van der Waals surface area contributed by atoms with Gasteiger partial charge in [-0.1, -0.05) is 24.1 Å². The molecule has 206 valence electrons. The molecular weight excluding hydrogens is 547 g/mol. The molecule has 13 heteroatoms. The van der Waals surface area contributed by atoms with Gasteiger partial charge >= 0.3 is 6.18 Å². The summed E-state index contributed by atoms with van der Waals surface area (Å²) in [7, 11) is -4.87. The molecule has 0 radical (unpaired) electrons. The molecule has 0 saturated carbocycles. The summed E-state index contributed by atoms with van der Waals surface area (Å²) in [6.07, 6.45) is 5.96. The van der Waals surface area contributed by atoms with Crippen LogP contribution in [0, 0.1) is 12.3 Å². The molecule has 0 bridgehead atoms. The van der Waals surface area contributed by atoms with E-state index in [0.29, 0.717) is 11.1 Å². The molecule has 0 saturated heterocycles. The van der Waals surface area contributed by atoms with Gasteiger partial charge in [-0.05, 0) is 48.4 Å². The summed E-state index contributed by atoms with van der Waals surface area (Å²) in [5.41, 5.74) is 2.23. The van der Waals surface area contributed by atoms with Crippen LogP contribution in [0.15, 0.2) is 69.2 Å². The van der Waals surface area contributed by atoms with Crippen LogP contribution >= 0.6 is 0 Å². The van der Waals surface area contributed by atoms with Crippen molar-refractivity contribution in [3.05, 3.63) is 82.0 Å². The number of furan rings is 1. The van der Waals surface area contributed by atoms with Crippen molar-refractivity contribution >= 4 is 38.1 Å². The maximum absolute atomic E-state index is 13.2. The van der Waals surface area contributed by atoms with E-state index in [0.717, 1.165) is 35.9 Å². The number of terminal acetylenes is 1. The van der Waals surface area contributed by atoms with Crippen LogP contribution in [0.4, 0.5) is 24.8 Å². The lowest BCUT2D eigenvalue weighted by molar-refractivity contribution is -0.106. The number of fused-ring (bicyclic) bond motifs is 1. The summed E-state index contributed by atoms with van der Waals surface area (Å²) in [5.74, 6) is 0.298. The van der Waals surface area contributed by atoms with Crippen LogP contribution in [-0.2, 0) is 16.4 Å². The van der Waals surface area contributed by atoms with Gasteiger partial charge in [0.05, 0.1) is 18.4 Å². The number of nitrogens with one attached hydrogen (secondary N) is 2. The van der Waals surface area contributed by atoms with Crippen molar-refractivity contribution in [3.63, 3.8) is 0 Å². The number of alkyl halides is 3. The first-order valence-corrected chi connectivity index (χ1v) is 13.7. The highest BCUT2D eigenvalue weighted by Crippen LogP contribution is 2.27. The van der Waals surface area contributed by atoms with E-state index >= 15 is 0 Å². The van der Waals surface area contributed by atoms with Crippen molar-refractivity contribution in [2.24, 2.45) is 0 Å². The van der Waals surface area contributed by atoms with Crippen molar-refractivity contribution < 1.29 is 26.0 Å². The maximum atomic E-state index is 13.2. The SMILES string of the molecule is C#Cc1cc2cnc(Nc3ccc(C4=CCNCC4)cc3)nc2n(Cc2ccoc2S(=O)(=O)CC(F)(F)F)c1=O. The number of nitrogens with zero attached hydrogens (tertiary/aromatic N) is 3. The first-order valence-electron chi connectivity index (χ1n) is 12.0. The zero-order valence-electron chi connectivity index (χ0n) is 20.8. The number of hydrogen-bond acceptors (Lipinski definition) is 8. The minimum atomic E-state index is -4.98. The van der Waals surface area contributed by atoms with Gasteiger partial charge in [0.25, 0.3) is 5.56 Å². The predicted octanol–water partition coefficient (Wildman–Crippen LogP) is 3.87. The van der Waals surface area contributed by atoms with Gasteiger partial charge in [-0.3, -0.25) is 9.36 Å². The van der Waals surface area contributed by atoms with Gasteiger partial charge in [-0.2, -0.15) is 18.2 Å². The molecule has 4 aromatic rings. The molecular formula is C27H22F3N5O4S. The van der Waals surface area contributed by atoms with E-state index in [1.54, 1.807) is 0 Å². The van der Waals surface area contributed by atoms with Gasteiger partial charge < -0.3 is 15.1 Å². The Morgan fingerprint density at radius 1 is 1.20 bits per heavy atom. The number of hydrogen-bond donors (Lipinski definition) is 2. The first kappa shape index (κ1) is 27.2. The topological polar surface area (TPSA) is 119 Å². The number of benzene rings is 1.